The first-order chi connectivity index (χ1) is 7.26. The summed E-state index contributed by atoms with van der Waals surface area (Å²) in [5.41, 5.74) is 6.38. The average Bonchev–Trinajstić information content (AvgIpc) is 2.28. The first-order valence-electron chi connectivity index (χ1n) is 4.75. The van der Waals surface area contributed by atoms with Gasteiger partial charge in [-0.05, 0) is 17.7 Å². The van der Waals surface area contributed by atoms with Crippen LogP contribution in [0.5, 0.6) is 0 Å². The maximum absolute atomic E-state index is 11.0. The molecule has 0 radical (unpaired) electrons. The Morgan fingerprint density at radius 3 is 2.60 bits per heavy atom. The van der Waals surface area contributed by atoms with E-state index in [1.165, 1.54) is 12.0 Å². The second kappa shape index (κ2) is 6.48. The highest BCUT2D eigenvalue weighted by atomic mass is 32.2. The summed E-state index contributed by atoms with van der Waals surface area (Å²) in [6.07, 6.45) is 0.332. The molecular weight excluding hydrogens is 210 g/mol. The Morgan fingerprint density at radius 1 is 1.40 bits per heavy atom. The van der Waals surface area contributed by atoms with Crippen LogP contribution in [0.4, 0.5) is 0 Å². The molecule has 15 heavy (non-hydrogen) atoms. The molecule has 0 saturated carbocycles. The topological polar surface area (TPSA) is 52.3 Å². The zero-order valence-electron chi connectivity index (χ0n) is 8.73. The molecule has 0 bridgehead atoms. The number of hydrogen-bond donors (Lipinski definition) is 1. The van der Waals surface area contributed by atoms with Crippen LogP contribution in [0.1, 0.15) is 5.56 Å². The smallest absolute Gasteiger partial charge is 0.309 e. The molecule has 1 aromatic rings. The Kier molecular flexibility index (Phi) is 5.21. The minimum Gasteiger partial charge on any atom is -0.469 e. The molecule has 0 unspecified atom stereocenters. The van der Waals surface area contributed by atoms with E-state index in [0.717, 1.165) is 11.3 Å². The third kappa shape index (κ3) is 4.36. The summed E-state index contributed by atoms with van der Waals surface area (Å²) in [7, 11) is 1.40. The number of carbonyl (C=O) groups excluding carboxylic acids is 1. The largest absolute Gasteiger partial charge is 0.469 e. The Hall–Kier alpha value is -1.00. The van der Waals surface area contributed by atoms with Crippen molar-refractivity contribution >= 4 is 17.7 Å². The molecule has 1 aromatic carbocycles. The van der Waals surface area contributed by atoms with Crippen LogP contribution in [0.2, 0.25) is 0 Å². The van der Waals surface area contributed by atoms with E-state index in [1.54, 1.807) is 11.8 Å². The monoisotopic (exact) mass is 225 g/mol. The van der Waals surface area contributed by atoms with Gasteiger partial charge in [-0.3, -0.25) is 4.79 Å². The highest BCUT2D eigenvalue weighted by Crippen LogP contribution is 2.17. The van der Waals surface area contributed by atoms with Crippen molar-refractivity contribution in [3.05, 3.63) is 29.8 Å². The van der Waals surface area contributed by atoms with Gasteiger partial charge in [-0.1, -0.05) is 12.1 Å². The van der Waals surface area contributed by atoms with Crippen molar-refractivity contribution in [1.29, 1.82) is 0 Å². The second-order valence-electron chi connectivity index (χ2n) is 3.03. The molecule has 4 heteroatoms. The predicted molar refractivity (Wildman–Crippen MR) is 61.9 cm³/mol. The molecule has 2 N–H and O–H groups in total. The third-order valence-electron chi connectivity index (χ3n) is 1.89. The van der Waals surface area contributed by atoms with Gasteiger partial charge in [-0.25, -0.2) is 0 Å². The lowest BCUT2D eigenvalue weighted by molar-refractivity contribution is -0.139. The Morgan fingerprint density at radius 2 is 2.07 bits per heavy atom. The molecular formula is C11H15NO2S. The normalized spacial score (nSPS) is 10.0. The van der Waals surface area contributed by atoms with Gasteiger partial charge in [0.2, 0.25) is 0 Å². The molecule has 1 rings (SSSR count). The predicted octanol–water partition coefficient (Wildman–Crippen LogP) is 1.45. The summed E-state index contributed by atoms with van der Waals surface area (Å²) in [5, 5.41) is 0. The van der Waals surface area contributed by atoms with Gasteiger partial charge in [0.15, 0.2) is 0 Å². The van der Waals surface area contributed by atoms with Gasteiger partial charge in [-0.2, -0.15) is 0 Å². The number of carbonyl (C=O) groups is 1. The number of thioether (sulfide) groups is 1. The van der Waals surface area contributed by atoms with E-state index in [0.29, 0.717) is 13.0 Å². The van der Waals surface area contributed by atoms with Crippen LogP contribution in [0.15, 0.2) is 29.2 Å². The number of methoxy groups -OCH3 is 1. The minimum atomic E-state index is -0.211. The number of ether oxygens (including phenoxy) is 1. The van der Waals surface area contributed by atoms with Crippen LogP contribution in [0, 0.1) is 0 Å². The second-order valence-corrected chi connectivity index (χ2v) is 4.20. The minimum absolute atomic E-state index is 0.211. The van der Waals surface area contributed by atoms with E-state index >= 15 is 0 Å². The first kappa shape index (κ1) is 12.1. The molecule has 0 amide bonds. The Labute approximate surface area is 94.0 Å². The number of hydrogen-bond acceptors (Lipinski definition) is 4. The number of rotatable bonds is 5. The van der Waals surface area contributed by atoms with Gasteiger partial charge in [0, 0.05) is 17.2 Å². The summed E-state index contributed by atoms with van der Waals surface area (Å²) in [4.78, 5) is 12.2. The van der Waals surface area contributed by atoms with Crippen molar-refractivity contribution in [2.75, 3.05) is 19.4 Å². The fraction of sp³-hybridized carbons (Fsp3) is 0.364. The van der Waals surface area contributed by atoms with Crippen LogP contribution in [0.25, 0.3) is 0 Å². The van der Waals surface area contributed by atoms with Gasteiger partial charge in [-0.15, -0.1) is 11.8 Å². The van der Waals surface area contributed by atoms with Gasteiger partial charge in [0.1, 0.15) is 0 Å². The summed E-state index contributed by atoms with van der Waals surface area (Å²) in [5.74, 6) is 0.702. The summed E-state index contributed by atoms with van der Waals surface area (Å²) in [6.45, 7) is 0.675. The van der Waals surface area contributed by atoms with Crippen LogP contribution >= 0.6 is 11.8 Å². The quantitative estimate of drug-likeness (QED) is 0.609. The number of esters is 1. The van der Waals surface area contributed by atoms with Crippen molar-refractivity contribution in [1.82, 2.24) is 0 Å². The fourth-order valence-corrected chi connectivity index (χ4v) is 1.80. The molecule has 0 atom stereocenters. The lowest BCUT2D eigenvalue weighted by atomic mass is 10.2. The van der Waals surface area contributed by atoms with Crippen molar-refractivity contribution < 1.29 is 9.53 Å². The first-order valence-corrected chi connectivity index (χ1v) is 5.73. The fourth-order valence-electron chi connectivity index (χ4n) is 1.12. The molecule has 0 aliphatic heterocycles. The van der Waals surface area contributed by atoms with Gasteiger partial charge in [0.25, 0.3) is 0 Å². The summed E-state index contributed by atoms with van der Waals surface area (Å²) >= 11 is 1.71. The SMILES string of the molecule is COC(=O)Cc1ccc(SCCN)cc1. The molecule has 0 saturated heterocycles. The van der Waals surface area contributed by atoms with Crippen LogP contribution in [-0.2, 0) is 16.0 Å². The van der Waals surface area contributed by atoms with Gasteiger partial charge < -0.3 is 10.5 Å². The molecule has 0 spiro atoms. The highest BCUT2D eigenvalue weighted by molar-refractivity contribution is 7.99. The van der Waals surface area contributed by atoms with Crippen molar-refractivity contribution in [2.24, 2.45) is 5.73 Å². The molecule has 0 aliphatic carbocycles. The third-order valence-corrected chi connectivity index (χ3v) is 2.93. The standard InChI is InChI=1S/C11H15NO2S/c1-14-11(13)8-9-2-4-10(5-3-9)15-7-6-12/h2-5H,6-8,12H2,1H3. The lowest BCUT2D eigenvalue weighted by Crippen LogP contribution is -2.04. The molecule has 0 aromatic heterocycles. The number of nitrogens with two attached hydrogens (primary N) is 1. The van der Waals surface area contributed by atoms with Crippen LogP contribution in [-0.4, -0.2) is 25.4 Å². The van der Waals surface area contributed by atoms with Crippen molar-refractivity contribution in [3.63, 3.8) is 0 Å². The Bertz CT molecular complexity index is 311. The summed E-state index contributed by atoms with van der Waals surface area (Å²) in [6, 6.07) is 7.88. The van der Waals surface area contributed by atoms with E-state index < -0.39 is 0 Å². The van der Waals surface area contributed by atoms with Crippen molar-refractivity contribution in [2.45, 2.75) is 11.3 Å². The van der Waals surface area contributed by atoms with E-state index in [-0.39, 0.29) is 5.97 Å². The average molecular weight is 225 g/mol. The van der Waals surface area contributed by atoms with E-state index in [4.69, 9.17) is 5.73 Å². The Balaban J connectivity index is 2.52. The lowest BCUT2D eigenvalue weighted by Gasteiger charge is -2.02. The zero-order valence-corrected chi connectivity index (χ0v) is 9.55. The number of benzene rings is 1. The van der Waals surface area contributed by atoms with Crippen molar-refractivity contribution in [3.8, 4) is 0 Å². The van der Waals surface area contributed by atoms with E-state index in [1.807, 2.05) is 24.3 Å². The van der Waals surface area contributed by atoms with Gasteiger partial charge in [0.05, 0.1) is 13.5 Å². The van der Waals surface area contributed by atoms with Crippen LogP contribution < -0.4 is 5.73 Å². The molecule has 0 aliphatic rings. The van der Waals surface area contributed by atoms with E-state index in [2.05, 4.69) is 4.74 Å². The zero-order chi connectivity index (χ0) is 11.1. The maximum Gasteiger partial charge on any atom is 0.309 e. The molecule has 82 valence electrons. The van der Waals surface area contributed by atoms with Crippen LogP contribution in [0.3, 0.4) is 0 Å². The molecule has 0 fully saturated rings. The molecule has 3 nitrogen and oxygen atoms in total. The highest BCUT2D eigenvalue weighted by Gasteiger charge is 2.02. The maximum atomic E-state index is 11.0. The van der Waals surface area contributed by atoms with Gasteiger partial charge >= 0.3 is 5.97 Å². The molecule has 0 heterocycles. The summed E-state index contributed by atoms with van der Waals surface area (Å²) < 4.78 is 4.59. The van der Waals surface area contributed by atoms with E-state index in [9.17, 15) is 4.79 Å².